The van der Waals surface area contributed by atoms with E-state index in [2.05, 4.69) is 0 Å². The van der Waals surface area contributed by atoms with Gasteiger partial charge in [0.15, 0.2) is 10.6 Å². The van der Waals surface area contributed by atoms with E-state index in [1.807, 2.05) is 60.7 Å². The predicted octanol–water partition coefficient (Wildman–Crippen LogP) is 3.69. The van der Waals surface area contributed by atoms with Crippen LogP contribution >= 0.6 is 23.2 Å². The number of alkyl halides is 2. The molecule has 7 heteroatoms. The van der Waals surface area contributed by atoms with Crippen LogP contribution in [0.2, 0.25) is 0 Å². The van der Waals surface area contributed by atoms with Crippen LogP contribution in [-0.4, -0.2) is 47.3 Å². The maximum atomic E-state index is 11.0. The van der Waals surface area contributed by atoms with Crippen molar-refractivity contribution in [1.29, 1.82) is 0 Å². The van der Waals surface area contributed by atoms with Gasteiger partial charge < -0.3 is 24.1 Å². The fraction of sp³-hybridized carbons (Fsp3) is 0.455. The molecule has 0 aromatic heterocycles. The van der Waals surface area contributed by atoms with Crippen LogP contribution in [0.25, 0.3) is 0 Å². The number of ether oxygens (including phenoxy) is 4. The molecular formula is C22H24Cl2O5. The van der Waals surface area contributed by atoms with Gasteiger partial charge in [-0.25, -0.2) is 0 Å². The Balaban J connectivity index is 1.43. The average Bonchev–Trinajstić information content (AvgIpc) is 3.23. The fourth-order valence-electron chi connectivity index (χ4n) is 3.97. The lowest BCUT2D eigenvalue weighted by molar-refractivity contribution is -0.283. The quantitative estimate of drug-likeness (QED) is 0.636. The van der Waals surface area contributed by atoms with Gasteiger partial charge in [0.25, 0.3) is 0 Å². The molecule has 1 saturated heterocycles. The highest BCUT2D eigenvalue weighted by Crippen LogP contribution is 2.69. The maximum Gasteiger partial charge on any atom is 0.186 e. The molecule has 156 valence electrons. The standard InChI is InChI=1S/C22H24Cl2O5/c1-26-20-18(28-13-16-10-6-3-7-11-16)17(25)19-21(29-20,22(19,23)24)14-27-12-15-8-4-2-5-9-15/h2-11,17-20,25H,12-14H2,1H3/t17-,18-,19+,20-,21+/m1/s1. The number of fused-ring (bicyclic) bond motifs is 1. The van der Waals surface area contributed by atoms with E-state index >= 15 is 0 Å². The van der Waals surface area contributed by atoms with Crippen molar-refractivity contribution in [2.75, 3.05) is 13.7 Å². The van der Waals surface area contributed by atoms with E-state index in [-0.39, 0.29) is 6.61 Å². The van der Waals surface area contributed by atoms with E-state index in [0.717, 1.165) is 11.1 Å². The Morgan fingerprint density at radius 1 is 0.966 bits per heavy atom. The zero-order valence-electron chi connectivity index (χ0n) is 16.0. The minimum absolute atomic E-state index is 0.141. The zero-order chi connectivity index (χ0) is 20.5. The van der Waals surface area contributed by atoms with E-state index in [0.29, 0.717) is 13.2 Å². The van der Waals surface area contributed by atoms with E-state index in [4.69, 9.17) is 42.1 Å². The first-order chi connectivity index (χ1) is 14.0. The molecule has 29 heavy (non-hydrogen) atoms. The van der Waals surface area contributed by atoms with Crippen LogP contribution in [0.3, 0.4) is 0 Å². The molecule has 1 N–H and O–H groups in total. The number of benzene rings is 2. The molecule has 2 aromatic rings. The molecule has 5 atom stereocenters. The van der Waals surface area contributed by atoms with Crippen molar-refractivity contribution < 1.29 is 24.1 Å². The Morgan fingerprint density at radius 3 is 2.14 bits per heavy atom. The molecule has 0 amide bonds. The predicted molar refractivity (Wildman–Crippen MR) is 110 cm³/mol. The molecule has 1 aliphatic carbocycles. The Morgan fingerprint density at radius 2 is 1.55 bits per heavy atom. The third kappa shape index (κ3) is 3.93. The van der Waals surface area contributed by atoms with Crippen LogP contribution in [0.1, 0.15) is 11.1 Å². The van der Waals surface area contributed by atoms with Crippen LogP contribution in [0, 0.1) is 5.92 Å². The lowest BCUT2D eigenvalue weighted by Gasteiger charge is -2.37. The van der Waals surface area contributed by atoms with Gasteiger partial charge in [0, 0.05) is 7.11 Å². The van der Waals surface area contributed by atoms with Crippen molar-refractivity contribution in [2.45, 2.75) is 41.6 Å². The summed E-state index contributed by atoms with van der Waals surface area (Å²) in [6, 6.07) is 19.5. The van der Waals surface area contributed by atoms with Gasteiger partial charge >= 0.3 is 0 Å². The molecule has 0 spiro atoms. The van der Waals surface area contributed by atoms with Crippen LogP contribution in [0.5, 0.6) is 0 Å². The van der Waals surface area contributed by atoms with E-state index in [1.165, 1.54) is 7.11 Å². The van der Waals surface area contributed by atoms with Gasteiger partial charge in [-0.2, -0.15) is 0 Å². The minimum atomic E-state index is -1.29. The first-order valence-electron chi connectivity index (χ1n) is 9.53. The smallest absolute Gasteiger partial charge is 0.186 e. The Hall–Kier alpha value is -1.18. The van der Waals surface area contributed by atoms with Gasteiger partial charge in [-0.15, -0.1) is 0 Å². The van der Waals surface area contributed by atoms with Gasteiger partial charge in [-0.05, 0) is 11.1 Å². The largest absolute Gasteiger partial charge is 0.390 e. The van der Waals surface area contributed by atoms with Crippen LogP contribution in [0.4, 0.5) is 0 Å². The normalized spacial score (nSPS) is 32.6. The molecule has 0 radical (unpaired) electrons. The van der Waals surface area contributed by atoms with Crippen molar-refractivity contribution in [3.05, 3.63) is 71.8 Å². The van der Waals surface area contributed by atoms with Gasteiger partial charge in [-0.3, -0.25) is 0 Å². The number of aliphatic hydroxyl groups is 1. The first kappa shape index (κ1) is 21.1. The summed E-state index contributed by atoms with van der Waals surface area (Å²) in [4.78, 5) is 0. The Bertz CT molecular complexity index is 803. The number of hydrogen-bond acceptors (Lipinski definition) is 5. The average molecular weight is 439 g/mol. The van der Waals surface area contributed by atoms with Gasteiger partial charge in [-0.1, -0.05) is 83.9 Å². The molecule has 4 rings (SSSR count). The highest BCUT2D eigenvalue weighted by molar-refractivity contribution is 6.52. The maximum absolute atomic E-state index is 11.0. The van der Waals surface area contributed by atoms with Gasteiger partial charge in [0.05, 0.1) is 31.8 Å². The number of rotatable bonds is 8. The van der Waals surface area contributed by atoms with E-state index in [9.17, 15) is 5.11 Å². The lowest BCUT2D eigenvalue weighted by Crippen LogP contribution is -2.52. The summed E-state index contributed by atoms with van der Waals surface area (Å²) in [5, 5.41) is 11.0. The topological polar surface area (TPSA) is 57.2 Å². The molecule has 0 bridgehead atoms. The SMILES string of the molecule is CO[C@@H]1O[C@@]2(COCc3ccccc3)[C@H]([C@H](O)[C@H]1OCc1ccccc1)C2(Cl)Cl. The summed E-state index contributed by atoms with van der Waals surface area (Å²) in [5.41, 5.74) is 0.966. The second kappa shape index (κ2) is 8.52. The lowest BCUT2D eigenvalue weighted by atomic mass is 10.0. The van der Waals surface area contributed by atoms with Crippen molar-refractivity contribution >= 4 is 23.2 Å². The van der Waals surface area contributed by atoms with E-state index < -0.39 is 34.4 Å². The molecule has 1 aliphatic heterocycles. The number of hydrogen-bond donors (Lipinski definition) is 1. The molecule has 0 unspecified atom stereocenters. The zero-order valence-corrected chi connectivity index (χ0v) is 17.6. The summed E-state index contributed by atoms with van der Waals surface area (Å²) in [5.74, 6) is -0.540. The second-order valence-electron chi connectivity index (χ2n) is 7.44. The fourth-order valence-corrected chi connectivity index (χ4v) is 4.90. The Labute approximate surface area is 180 Å². The molecule has 2 aliphatic rings. The summed E-state index contributed by atoms with van der Waals surface area (Å²) < 4.78 is 22.1. The molecule has 1 saturated carbocycles. The minimum Gasteiger partial charge on any atom is -0.390 e. The van der Waals surface area contributed by atoms with Crippen molar-refractivity contribution in [2.24, 2.45) is 5.92 Å². The second-order valence-corrected chi connectivity index (χ2v) is 8.83. The third-order valence-electron chi connectivity index (χ3n) is 5.59. The van der Waals surface area contributed by atoms with Gasteiger partial charge in [0.2, 0.25) is 0 Å². The van der Waals surface area contributed by atoms with Crippen LogP contribution in [0.15, 0.2) is 60.7 Å². The number of methoxy groups -OCH3 is 1. The highest BCUT2D eigenvalue weighted by Gasteiger charge is 2.84. The van der Waals surface area contributed by atoms with E-state index in [1.54, 1.807) is 0 Å². The van der Waals surface area contributed by atoms with Gasteiger partial charge in [0.1, 0.15) is 11.7 Å². The highest BCUT2D eigenvalue weighted by atomic mass is 35.5. The van der Waals surface area contributed by atoms with Crippen LogP contribution < -0.4 is 0 Å². The van der Waals surface area contributed by atoms with Crippen LogP contribution in [-0.2, 0) is 32.2 Å². The number of halogens is 2. The molecule has 2 aromatic carbocycles. The first-order valence-corrected chi connectivity index (χ1v) is 10.3. The monoisotopic (exact) mass is 438 g/mol. The summed E-state index contributed by atoms with van der Waals surface area (Å²) >= 11 is 13.1. The Kier molecular flexibility index (Phi) is 6.19. The summed E-state index contributed by atoms with van der Waals surface area (Å²) in [6.07, 6.45) is -2.48. The summed E-state index contributed by atoms with van der Waals surface area (Å²) in [6.45, 7) is 0.847. The summed E-state index contributed by atoms with van der Waals surface area (Å²) in [7, 11) is 1.50. The molecular weight excluding hydrogens is 415 g/mol. The molecule has 5 nitrogen and oxygen atoms in total. The third-order valence-corrected chi connectivity index (χ3v) is 6.70. The molecule has 2 fully saturated rings. The van der Waals surface area contributed by atoms with Crippen molar-refractivity contribution in [3.63, 3.8) is 0 Å². The van der Waals surface area contributed by atoms with Crippen molar-refractivity contribution in [1.82, 2.24) is 0 Å². The molecule has 1 heterocycles. The van der Waals surface area contributed by atoms with Crippen molar-refractivity contribution in [3.8, 4) is 0 Å². The number of aliphatic hydroxyl groups excluding tert-OH is 1.